The van der Waals surface area contributed by atoms with Crippen LogP contribution in [0.15, 0.2) is 24.4 Å². The lowest BCUT2D eigenvalue weighted by Gasteiger charge is -2.04. The predicted molar refractivity (Wildman–Crippen MR) is 53.1 cm³/mol. The summed E-state index contributed by atoms with van der Waals surface area (Å²) in [7, 11) is 0. The summed E-state index contributed by atoms with van der Waals surface area (Å²) in [5.74, 6) is 0.774. The molecule has 0 spiro atoms. The molecular formula is C10H13N3O. The summed E-state index contributed by atoms with van der Waals surface area (Å²) < 4.78 is 1.73. The Hall–Kier alpha value is -1.42. The zero-order valence-corrected chi connectivity index (χ0v) is 8.09. The first-order valence-corrected chi connectivity index (χ1v) is 4.77. The maximum absolute atomic E-state index is 9.12. The highest BCUT2D eigenvalue weighted by atomic mass is 16.3. The first kappa shape index (κ1) is 9.15. The molecule has 0 aliphatic heterocycles. The second-order valence-electron chi connectivity index (χ2n) is 3.26. The van der Waals surface area contributed by atoms with Crippen molar-refractivity contribution in [2.45, 2.75) is 19.3 Å². The fourth-order valence-electron chi connectivity index (χ4n) is 1.41. The molecule has 0 saturated carbocycles. The second kappa shape index (κ2) is 3.75. The Morgan fingerprint density at radius 1 is 1.50 bits per heavy atom. The Kier molecular flexibility index (Phi) is 2.45. The van der Waals surface area contributed by atoms with Crippen LogP contribution in [-0.4, -0.2) is 26.3 Å². The standard InChI is InChI=1S/C10H13N3O/c1-2-8(7-14)10-11-9-5-3-4-6-13(9)12-10/h3-6,8,14H,2,7H2,1H3. The SMILES string of the molecule is CCC(CO)c1nc2ccccn2n1. The highest BCUT2D eigenvalue weighted by Crippen LogP contribution is 2.15. The Labute approximate surface area is 82.2 Å². The van der Waals surface area contributed by atoms with Gasteiger partial charge >= 0.3 is 0 Å². The lowest BCUT2D eigenvalue weighted by Crippen LogP contribution is -2.04. The maximum Gasteiger partial charge on any atom is 0.157 e. The van der Waals surface area contributed by atoms with Crippen molar-refractivity contribution in [2.24, 2.45) is 0 Å². The number of hydrogen-bond acceptors (Lipinski definition) is 3. The van der Waals surface area contributed by atoms with E-state index in [1.807, 2.05) is 31.3 Å². The maximum atomic E-state index is 9.12. The van der Waals surface area contributed by atoms with Gasteiger partial charge in [0, 0.05) is 12.1 Å². The van der Waals surface area contributed by atoms with E-state index in [0.29, 0.717) is 0 Å². The molecule has 0 aromatic carbocycles. The van der Waals surface area contributed by atoms with E-state index in [9.17, 15) is 0 Å². The van der Waals surface area contributed by atoms with E-state index in [1.54, 1.807) is 4.52 Å². The molecule has 0 radical (unpaired) electrons. The van der Waals surface area contributed by atoms with Crippen LogP contribution in [0.3, 0.4) is 0 Å². The average molecular weight is 191 g/mol. The van der Waals surface area contributed by atoms with Gasteiger partial charge in [0.05, 0.1) is 6.61 Å². The summed E-state index contributed by atoms with van der Waals surface area (Å²) in [6, 6.07) is 5.74. The quantitative estimate of drug-likeness (QED) is 0.793. The summed E-state index contributed by atoms with van der Waals surface area (Å²) in [4.78, 5) is 4.35. The van der Waals surface area contributed by atoms with Crippen molar-refractivity contribution in [3.8, 4) is 0 Å². The van der Waals surface area contributed by atoms with Gasteiger partial charge in [-0.25, -0.2) is 9.50 Å². The Morgan fingerprint density at radius 2 is 2.36 bits per heavy atom. The van der Waals surface area contributed by atoms with E-state index < -0.39 is 0 Å². The minimum atomic E-state index is 0.0508. The smallest absolute Gasteiger partial charge is 0.157 e. The van der Waals surface area contributed by atoms with E-state index in [4.69, 9.17) is 5.11 Å². The topological polar surface area (TPSA) is 50.4 Å². The van der Waals surface area contributed by atoms with Gasteiger partial charge in [-0.3, -0.25) is 0 Å². The summed E-state index contributed by atoms with van der Waals surface area (Å²) in [6.07, 6.45) is 2.71. The molecular weight excluding hydrogens is 178 g/mol. The second-order valence-corrected chi connectivity index (χ2v) is 3.26. The molecule has 14 heavy (non-hydrogen) atoms. The minimum absolute atomic E-state index is 0.0508. The van der Waals surface area contributed by atoms with Gasteiger partial charge in [-0.05, 0) is 18.6 Å². The van der Waals surface area contributed by atoms with Crippen molar-refractivity contribution in [2.75, 3.05) is 6.61 Å². The Morgan fingerprint density at radius 3 is 3.00 bits per heavy atom. The molecule has 4 nitrogen and oxygen atoms in total. The first-order valence-electron chi connectivity index (χ1n) is 4.77. The summed E-state index contributed by atoms with van der Waals surface area (Å²) in [5.41, 5.74) is 0.828. The number of pyridine rings is 1. The number of rotatable bonds is 3. The van der Waals surface area contributed by atoms with Crippen LogP contribution in [0.5, 0.6) is 0 Å². The molecule has 1 unspecified atom stereocenters. The van der Waals surface area contributed by atoms with Crippen LogP contribution in [0.25, 0.3) is 5.65 Å². The molecule has 2 rings (SSSR count). The van der Waals surface area contributed by atoms with Gasteiger partial charge in [-0.2, -0.15) is 5.10 Å². The third-order valence-corrected chi connectivity index (χ3v) is 2.34. The van der Waals surface area contributed by atoms with E-state index >= 15 is 0 Å². The largest absolute Gasteiger partial charge is 0.396 e. The predicted octanol–water partition coefficient (Wildman–Crippen LogP) is 1.22. The molecule has 74 valence electrons. The summed E-state index contributed by atoms with van der Waals surface area (Å²) in [6.45, 7) is 2.12. The van der Waals surface area contributed by atoms with Gasteiger partial charge < -0.3 is 5.11 Å². The van der Waals surface area contributed by atoms with Crippen LogP contribution in [0.4, 0.5) is 0 Å². The van der Waals surface area contributed by atoms with Gasteiger partial charge in [0.2, 0.25) is 0 Å². The number of aliphatic hydroxyl groups excluding tert-OH is 1. The zero-order chi connectivity index (χ0) is 9.97. The van der Waals surface area contributed by atoms with E-state index in [2.05, 4.69) is 10.1 Å². The number of aromatic nitrogens is 3. The van der Waals surface area contributed by atoms with E-state index in [-0.39, 0.29) is 12.5 Å². The van der Waals surface area contributed by atoms with E-state index in [0.717, 1.165) is 17.9 Å². The lowest BCUT2D eigenvalue weighted by molar-refractivity contribution is 0.257. The number of fused-ring (bicyclic) bond motifs is 1. The monoisotopic (exact) mass is 191 g/mol. The molecule has 0 aliphatic rings. The summed E-state index contributed by atoms with van der Waals surface area (Å²) >= 11 is 0. The Balaban J connectivity index is 2.43. The lowest BCUT2D eigenvalue weighted by atomic mass is 10.1. The fourth-order valence-corrected chi connectivity index (χ4v) is 1.41. The molecule has 4 heteroatoms. The fraction of sp³-hybridized carbons (Fsp3) is 0.400. The molecule has 0 fully saturated rings. The van der Waals surface area contributed by atoms with Gasteiger partial charge in [0.1, 0.15) is 0 Å². The van der Waals surface area contributed by atoms with Crippen LogP contribution >= 0.6 is 0 Å². The van der Waals surface area contributed by atoms with Crippen LogP contribution in [0, 0.1) is 0 Å². The summed E-state index contributed by atoms with van der Waals surface area (Å²) in [5, 5.41) is 13.4. The van der Waals surface area contributed by atoms with Crippen LogP contribution < -0.4 is 0 Å². The molecule has 1 N–H and O–H groups in total. The third-order valence-electron chi connectivity index (χ3n) is 2.34. The minimum Gasteiger partial charge on any atom is -0.396 e. The van der Waals surface area contributed by atoms with Gasteiger partial charge in [-0.15, -0.1) is 0 Å². The van der Waals surface area contributed by atoms with Gasteiger partial charge in [-0.1, -0.05) is 13.0 Å². The van der Waals surface area contributed by atoms with Crippen LogP contribution in [0.2, 0.25) is 0 Å². The third kappa shape index (κ3) is 1.48. The highest BCUT2D eigenvalue weighted by Gasteiger charge is 2.13. The highest BCUT2D eigenvalue weighted by molar-refractivity contribution is 5.36. The zero-order valence-electron chi connectivity index (χ0n) is 8.09. The first-order chi connectivity index (χ1) is 6.85. The van der Waals surface area contributed by atoms with Crippen molar-refractivity contribution < 1.29 is 5.11 Å². The normalized spacial score (nSPS) is 13.3. The molecule has 1 atom stereocenters. The van der Waals surface area contributed by atoms with Gasteiger partial charge in [0.15, 0.2) is 11.5 Å². The molecule has 0 saturated heterocycles. The number of aliphatic hydroxyl groups is 1. The van der Waals surface area contributed by atoms with Crippen molar-refractivity contribution in [3.63, 3.8) is 0 Å². The van der Waals surface area contributed by atoms with Gasteiger partial charge in [0.25, 0.3) is 0 Å². The molecule has 2 heterocycles. The van der Waals surface area contributed by atoms with Crippen molar-refractivity contribution in [1.82, 2.24) is 14.6 Å². The molecule has 2 aromatic heterocycles. The molecule has 0 bridgehead atoms. The van der Waals surface area contributed by atoms with Crippen molar-refractivity contribution in [1.29, 1.82) is 0 Å². The number of hydrogen-bond donors (Lipinski definition) is 1. The van der Waals surface area contributed by atoms with Crippen molar-refractivity contribution >= 4 is 5.65 Å². The van der Waals surface area contributed by atoms with E-state index in [1.165, 1.54) is 0 Å². The Bertz CT molecular complexity index is 387. The van der Waals surface area contributed by atoms with Crippen LogP contribution in [0.1, 0.15) is 25.1 Å². The van der Waals surface area contributed by atoms with Crippen LogP contribution in [-0.2, 0) is 0 Å². The van der Waals surface area contributed by atoms with Crippen molar-refractivity contribution in [3.05, 3.63) is 30.2 Å². The molecule has 2 aromatic rings. The molecule has 0 aliphatic carbocycles. The average Bonchev–Trinajstić information content (AvgIpc) is 2.63. The number of nitrogens with zero attached hydrogens (tertiary/aromatic N) is 3. The molecule has 0 amide bonds.